The number of para-hydroxylation sites is 1. The van der Waals surface area contributed by atoms with Crippen molar-refractivity contribution < 1.29 is 19.1 Å². The zero-order valence-corrected chi connectivity index (χ0v) is 17.6. The van der Waals surface area contributed by atoms with Crippen molar-refractivity contribution in [2.75, 3.05) is 33.9 Å². The van der Waals surface area contributed by atoms with E-state index in [1.807, 2.05) is 28.0 Å². The van der Waals surface area contributed by atoms with Gasteiger partial charge in [-0.25, -0.2) is 0 Å². The molecule has 6 nitrogen and oxygen atoms in total. The number of methoxy groups -OCH3 is 2. The van der Waals surface area contributed by atoms with Gasteiger partial charge < -0.3 is 19.3 Å². The molecular weight excluding hydrogens is 368 g/mol. The number of rotatable bonds is 5. The van der Waals surface area contributed by atoms with Crippen LogP contribution in [0.2, 0.25) is 0 Å². The zero-order valence-electron chi connectivity index (χ0n) is 17.6. The molecule has 29 heavy (non-hydrogen) atoms. The Labute approximate surface area is 173 Å². The summed E-state index contributed by atoms with van der Waals surface area (Å²) in [7, 11) is 3.25. The van der Waals surface area contributed by atoms with Crippen LogP contribution in [0.3, 0.4) is 0 Å². The quantitative estimate of drug-likeness (QED) is 0.761. The number of hydrogen-bond acceptors (Lipinski definition) is 4. The normalized spacial score (nSPS) is 25.1. The number of carbonyl (C=O) groups is 2. The molecule has 1 saturated carbocycles. The number of benzene rings is 1. The maximum atomic E-state index is 13.5. The highest BCUT2D eigenvalue weighted by Gasteiger charge is 2.50. The van der Waals surface area contributed by atoms with Gasteiger partial charge in [0.2, 0.25) is 11.8 Å². The molecule has 0 radical (unpaired) electrons. The number of amides is 2. The smallest absolute Gasteiger partial charge is 0.230 e. The molecule has 3 fully saturated rings. The molecule has 2 saturated heterocycles. The molecule has 1 spiro atoms. The number of likely N-dealkylation sites (tertiary alicyclic amines) is 2. The van der Waals surface area contributed by atoms with Gasteiger partial charge in [0, 0.05) is 37.7 Å². The van der Waals surface area contributed by atoms with Crippen molar-refractivity contribution in [2.45, 2.75) is 51.5 Å². The van der Waals surface area contributed by atoms with Gasteiger partial charge in [0.05, 0.1) is 19.6 Å². The number of piperidine rings is 1. The SMILES string of the molecule is COc1cccc(CN2CCC[C@@]3(CCN(C(=O)C4CCCC4)C3)C2=O)c1OC. The summed E-state index contributed by atoms with van der Waals surface area (Å²) in [6, 6.07) is 5.78. The van der Waals surface area contributed by atoms with E-state index >= 15 is 0 Å². The van der Waals surface area contributed by atoms with Crippen LogP contribution in [0.4, 0.5) is 0 Å². The van der Waals surface area contributed by atoms with E-state index in [4.69, 9.17) is 9.47 Å². The van der Waals surface area contributed by atoms with Crippen LogP contribution >= 0.6 is 0 Å². The van der Waals surface area contributed by atoms with E-state index in [0.717, 1.165) is 63.6 Å². The van der Waals surface area contributed by atoms with Crippen molar-refractivity contribution in [1.29, 1.82) is 0 Å². The van der Waals surface area contributed by atoms with Gasteiger partial charge in [0.25, 0.3) is 0 Å². The predicted octanol–water partition coefficient (Wildman–Crippen LogP) is 3.24. The van der Waals surface area contributed by atoms with E-state index in [-0.39, 0.29) is 17.7 Å². The first-order chi connectivity index (χ1) is 14.1. The second-order valence-electron chi connectivity index (χ2n) is 8.75. The lowest BCUT2D eigenvalue weighted by molar-refractivity contribution is -0.147. The molecule has 6 heteroatoms. The molecule has 0 aromatic heterocycles. The van der Waals surface area contributed by atoms with Crippen molar-refractivity contribution in [2.24, 2.45) is 11.3 Å². The van der Waals surface area contributed by atoms with Crippen LogP contribution in [0.1, 0.15) is 50.5 Å². The molecule has 0 unspecified atom stereocenters. The second kappa shape index (κ2) is 8.25. The van der Waals surface area contributed by atoms with Gasteiger partial charge in [0.15, 0.2) is 11.5 Å². The highest BCUT2D eigenvalue weighted by atomic mass is 16.5. The van der Waals surface area contributed by atoms with Crippen LogP contribution in [0, 0.1) is 11.3 Å². The number of hydrogen-bond donors (Lipinski definition) is 0. The highest BCUT2D eigenvalue weighted by molar-refractivity contribution is 5.86. The summed E-state index contributed by atoms with van der Waals surface area (Å²) in [4.78, 5) is 30.3. The third-order valence-corrected chi connectivity index (χ3v) is 7.04. The fourth-order valence-corrected chi connectivity index (χ4v) is 5.46. The minimum absolute atomic E-state index is 0.181. The Morgan fingerprint density at radius 1 is 1.10 bits per heavy atom. The summed E-state index contributed by atoms with van der Waals surface area (Å²) in [5, 5.41) is 0. The van der Waals surface area contributed by atoms with Crippen LogP contribution in [-0.4, -0.2) is 55.5 Å². The van der Waals surface area contributed by atoms with E-state index in [1.54, 1.807) is 14.2 Å². The Kier molecular flexibility index (Phi) is 5.70. The molecule has 1 atom stereocenters. The Hall–Kier alpha value is -2.24. The molecule has 1 aromatic carbocycles. The predicted molar refractivity (Wildman–Crippen MR) is 110 cm³/mol. The molecule has 1 aromatic rings. The lowest BCUT2D eigenvalue weighted by Crippen LogP contribution is -2.50. The van der Waals surface area contributed by atoms with Gasteiger partial charge >= 0.3 is 0 Å². The third-order valence-electron chi connectivity index (χ3n) is 7.04. The van der Waals surface area contributed by atoms with Crippen molar-refractivity contribution in [3.05, 3.63) is 23.8 Å². The van der Waals surface area contributed by atoms with E-state index < -0.39 is 5.41 Å². The number of nitrogens with zero attached hydrogens (tertiary/aromatic N) is 2. The summed E-state index contributed by atoms with van der Waals surface area (Å²) in [5.41, 5.74) is 0.549. The van der Waals surface area contributed by atoms with Crippen LogP contribution in [0.15, 0.2) is 18.2 Å². The molecule has 2 heterocycles. The minimum atomic E-state index is -0.404. The van der Waals surface area contributed by atoms with Crippen molar-refractivity contribution in [3.8, 4) is 11.5 Å². The summed E-state index contributed by atoms with van der Waals surface area (Å²) >= 11 is 0. The van der Waals surface area contributed by atoms with Crippen LogP contribution in [0.5, 0.6) is 11.5 Å². The minimum Gasteiger partial charge on any atom is -0.493 e. The molecule has 158 valence electrons. The molecule has 4 rings (SSSR count). The molecule has 2 amide bonds. The first-order valence-electron chi connectivity index (χ1n) is 10.9. The van der Waals surface area contributed by atoms with Crippen LogP contribution in [-0.2, 0) is 16.1 Å². The monoisotopic (exact) mass is 400 g/mol. The summed E-state index contributed by atoms with van der Waals surface area (Å²) in [5.74, 6) is 2.01. The van der Waals surface area contributed by atoms with Gasteiger partial charge in [-0.05, 0) is 38.2 Å². The molecule has 3 aliphatic rings. The Morgan fingerprint density at radius 3 is 2.62 bits per heavy atom. The summed E-state index contributed by atoms with van der Waals surface area (Å²) < 4.78 is 11.0. The van der Waals surface area contributed by atoms with Gasteiger partial charge in [-0.15, -0.1) is 0 Å². The fraction of sp³-hybridized carbons (Fsp3) is 0.652. The summed E-state index contributed by atoms with van der Waals surface area (Å²) in [6.45, 7) is 2.57. The number of carbonyl (C=O) groups excluding carboxylic acids is 2. The number of ether oxygens (including phenoxy) is 2. The fourth-order valence-electron chi connectivity index (χ4n) is 5.46. The maximum Gasteiger partial charge on any atom is 0.230 e. The van der Waals surface area contributed by atoms with E-state index in [0.29, 0.717) is 24.6 Å². The standard InChI is InChI=1S/C23H32N2O4/c1-28-19-10-5-9-18(20(19)29-2)15-24-13-6-11-23(22(24)27)12-14-25(16-23)21(26)17-7-3-4-8-17/h5,9-10,17H,3-4,6-8,11-16H2,1-2H3/t23-/m0/s1. The first-order valence-corrected chi connectivity index (χ1v) is 10.9. The van der Waals surface area contributed by atoms with E-state index in [1.165, 1.54) is 0 Å². The van der Waals surface area contributed by atoms with Crippen molar-refractivity contribution >= 4 is 11.8 Å². The average Bonchev–Trinajstić information content (AvgIpc) is 3.42. The zero-order chi connectivity index (χ0) is 20.4. The van der Waals surface area contributed by atoms with Crippen molar-refractivity contribution in [3.63, 3.8) is 0 Å². The van der Waals surface area contributed by atoms with Crippen molar-refractivity contribution in [1.82, 2.24) is 9.80 Å². The highest BCUT2D eigenvalue weighted by Crippen LogP contribution is 2.42. The Morgan fingerprint density at radius 2 is 1.90 bits per heavy atom. The van der Waals surface area contributed by atoms with E-state index in [2.05, 4.69) is 0 Å². The molecule has 0 bridgehead atoms. The lowest BCUT2D eigenvalue weighted by atomic mass is 9.78. The molecule has 0 N–H and O–H groups in total. The molecular formula is C23H32N2O4. The summed E-state index contributed by atoms with van der Waals surface area (Å²) in [6.07, 6.45) is 6.98. The van der Waals surface area contributed by atoms with E-state index in [9.17, 15) is 9.59 Å². The van der Waals surface area contributed by atoms with Gasteiger partial charge in [0.1, 0.15) is 0 Å². The maximum absolute atomic E-state index is 13.5. The van der Waals surface area contributed by atoms with Crippen LogP contribution in [0.25, 0.3) is 0 Å². The first kappa shape index (κ1) is 20.0. The Balaban J connectivity index is 1.48. The van der Waals surface area contributed by atoms with Crippen LogP contribution < -0.4 is 9.47 Å². The van der Waals surface area contributed by atoms with Gasteiger partial charge in [-0.2, -0.15) is 0 Å². The largest absolute Gasteiger partial charge is 0.493 e. The third kappa shape index (κ3) is 3.69. The Bertz CT molecular complexity index is 774. The second-order valence-corrected chi connectivity index (χ2v) is 8.75. The molecule has 2 aliphatic heterocycles. The van der Waals surface area contributed by atoms with Gasteiger partial charge in [-0.3, -0.25) is 9.59 Å². The lowest BCUT2D eigenvalue weighted by Gasteiger charge is -2.39. The molecule has 1 aliphatic carbocycles. The average molecular weight is 401 g/mol. The van der Waals surface area contributed by atoms with Gasteiger partial charge in [-0.1, -0.05) is 25.0 Å². The topological polar surface area (TPSA) is 59.1 Å².